The van der Waals surface area contributed by atoms with E-state index < -0.39 is 23.4 Å². The van der Waals surface area contributed by atoms with Gasteiger partial charge in [0.15, 0.2) is 17.5 Å². The minimum atomic E-state index is -1.50. The molecule has 2 aliphatic rings. The van der Waals surface area contributed by atoms with E-state index in [0.717, 1.165) is 41.6 Å². The molecule has 0 radical (unpaired) electrons. The molecule has 1 saturated carbocycles. The number of hydrogen-bond acceptors (Lipinski definition) is 3. The molecule has 6 nitrogen and oxygen atoms in total. The number of fused-ring (bicyclic) bond motifs is 3. The summed E-state index contributed by atoms with van der Waals surface area (Å²) in [5.74, 6) is -4.86. The quantitative estimate of drug-likeness (QED) is 0.533. The second-order valence-corrected chi connectivity index (χ2v) is 9.58. The topological polar surface area (TPSA) is 75.4 Å². The number of carboxylic acid groups (broad SMARTS) is 1. The number of benzene rings is 1. The van der Waals surface area contributed by atoms with E-state index in [1.54, 1.807) is 11.1 Å². The maximum atomic E-state index is 13.9. The zero-order chi connectivity index (χ0) is 24.7. The van der Waals surface area contributed by atoms with Crippen LogP contribution in [0.2, 0.25) is 0 Å². The van der Waals surface area contributed by atoms with Crippen LogP contribution in [-0.2, 0) is 29.1 Å². The van der Waals surface area contributed by atoms with Gasteiger partial charge < -0.3 is 14.6 Å². The van der Waals surface area contributed by atoms with E-state index in [1.807, 2.05) is 16.7 Å². The van der Waals surface area contributed by atoms with Crippen LogP contribution in [0.1, 0.15) is 48.9 Å². The lowest BCUT2D eigenvalue weighted by Crippen LogP contribution is -2.38. The summed E-state index contributed by atoms with van der Waals surface area (Å²) in [7, 11) is 0. The number of amides is 1. The van der Waals surface area contributed by atoms with E-state index in [1.165, 1.54) is 0 Å². The molecule has 3 aromatic rings. The van der Waals surface area contributed by atoms with Crippen LogP contribution >= 0.6 is 0 Å². The number of carbonyl (C=O) groups excluding carboxylic acids is 1. The molecule has 0 spiro atoms. The molecule has 1 aromatic carbocycles. The van der Waals surface area contributed by atoms with Gasteiger partial charge in [-0.2, -0.15) is 0 Å². The Morgan fingerprint density at radius 1 is 1.09 bits per heavy atom. The minimum absolute atomic E-state index is 0.0260. The average Bonchev–Trinajstić information content (AvgIpc) is 3.15. The average molecular weight is 486 g/mol. The first-order valence-electron chi connectivity index (χ1n) is 11.9. The lowest BCUT2D eigenvalue weighted by atomic mass is 9.80. The first-order chi connectivity index (χ1) is 16.8. The van der Waals surface area contributed by atoms with E-state index in [-0.39, 0.29) is 29.9 Å². The van der Waals surface area contributed by atoms with Gasteiger partial charge in [-0.05, 0) is 73.4 Å². The Hall–Kier alpha value is -3.36. The first-order valence-corrected chi connectivity index (χ1v) is 11.9. The molecule has 0 bridgehead atoms. The fourth-order valence-electron chi connectivity index (χ4n) is 5.51. The van der Waals surface area contributed by atoms with Gasteiger partial charge in [-0.1, -0.05) is 0 Å². The summed E-state index contributed by atoms with van der Waals surface area (Å²) >= 11 is 0. The van der Waals surface area contributed by atoms with E-state index >= 15 is 0 Å². The third kappa shape index (κ3) is 4.51. The zero-order valence-corrected chi connectivity index (χ0v) is 19.1. The highest BCUT2D eigenvalue weighted by Gasteiger charge is 2.31. The van der Waals surface area contributed by atoms with Crippen molar-refractivity contribution in [2.24, 2.45) is 11.8 Å². The summed E-state index contributed by atoms with van der Waals surface area (Å²) in [4.78, 5) is 30.6. The lowest BCUT2D eigenvalue weighted by Gasteiger charge is -2.31. The molecule has 2 aromatic heterocycles. The molecular formula is C26H26F3N3O3. The van der Waals surface area contributed by atoms with Gasteiger partial charge in [-0.3, -0.25) is 9.59 Å². The molecule has 0 saturated heterocycles. The Morgan fingerprint density at radius 2 is 1.80 bits per heavy atom. The predicted octanol–water partition coefficient (Wildman–Crippen LogP) is 4.67. The van der Waals surface area contributed by atoms with Crippen LogP contribution in [0.3, 0.4) is 0 Å². The number of aliphatic carboxylic acids is 1. The third-order valence-corrected chi connectivity index (χ3v) is 7.41. The molecule has 184 valence electrons. The van der Waals surface area contributed by atoms with Crippen molar-refractivity contribution in [2.45, 2.75) is 51.6 Å². The van der Waals surface area contributed by atoms with Crippen LogP contribution in [0.15, 0.2) is 30.5 Å². The Morgan fingerprint density at radius 3 is 2.49 bits per heavy atom. The van der Waals surface area contributed by atoms with E-state index in [9.17, 15) is 27.9 Å². The molecule has 3 heterocycles. The standard InChI is InChI=1S/C26H26F3N3O3/c27-20-10-16(11-21(28)24(20)29)13-32-22-14-31(9-7-18(22)19-2-1-8-30-25(19)32)23(33)12-15-3-5-17(6-4-15)26(34)35/h1-2,8,10-11,15,17H,3-7,9,12-14H2,(H,34,35)/t15-,17+. The highest BCUT2D eigenvalue weighted by Crippen LogP contribution is 2.34. The van der Waals surface area contributed by atoms with Gasteiger partial charge in [0.25, 0.3) is 0 Å². The number of carbonyl (C=O) groups is 2. The second kappa shape index (κ2) is 9.36. The number of nitrogens with zero attached hydrogens (tertiary/aromatic N) is 3. The smallest absolute Gasteiger partial charge is 0.306 e. The van der Waals surface area contributed by atoms with Crippen LogP contribution in [-0.4, -0.2) is 38.0 Å². The predicted molar refractivity (Wildman–Crippen MR) is 122 cm³/mol. The molecule has 1 amide bonds. The summed E-state index contributed by atoms with van der Waals surface area (Å²) in [6.45, 7) is 1.00. The summed E-state index contributed by atoms with van der Waals surface area (Å²) in [5, 5.41) is 10.1. The number of pyridine rings is 1. The van der Waals surface area contributed by atoms with Gasteiger partial charge in [-0.15, -0.1) is 0 Å². The summed E-state index contributed by atoms with van der Waals surface area (Å²) < 4.78 is 43.0. The van der Waals surface area contributed by atoms with Gasteiger partial charge in [0.1, 0.15) is 5.65 Å². The summed E-state index contributed by atoms with van der Waals surface area (Å²) in [5.41, 5.74) is 2.84. The van der Waals surface area contributed by atoms with Crippen LogP contribution < -0.4 is 0 Å². The maximum Gasteiger partial charge on any atom is 0.306 e. The number of aromatic nitrogens is 2. The fourth-order valence-corrected chi connectivity index (χ4v) is 5.51. The molecule has 1 aliphatic heterocycles. The Kier molecular flexibility index (Phi) is 6.25. The normalized spacial score (nSPS) is 20.1. The highest BCUT2D eigenvalue weighted by molar-refractivity contribution is 5.84. The van der Waals surface area contributed by atoms with Crippen LogP contribution in [0.5, 0.6) is 0 Å². The zero-order valence-electron chi connectivity index (χ0n) is 19.1. The van der Waals surface area contributed by atoms with Crippen molar-refractivity contribution >= 4 is 22.9 Å². The van der Waals surface area contributed by atoms with E-state index in [2.05, 4.69) is 4.98 Å². The van der Waals surface area contributed by atoms with Crippen LogP contribution in [0.25, 0.3) is 11.0 Å². The van der Waals surface area contributed by atoms with Crippen molar-refractivity contribution in [1.29, 1.82) is 0 Å². The molecule has 5 rings (SSSR count). The molecule has 0 unspecified atom stereocenters. The van der Waals surface area contributed by atoms with E-state index in [4.69, 9.17) is 0 Å². The van der Waals surface area contributed by atoms with Crippen molar-refractivity contribution in [1.82, 2.24) is 14.5 Å². The van der Waals surface area contributed by atoms with Crippen molar-refractivity contribution in [2.75, 3.05) is 6.54 Å². The largest absolute Gasteiger partial charge is 0.481 e. The van der Waals surface area contributed by atoms with Crippen LogP contribution in [0, 0.1) is 29.3 Å². The monoisotopic (exact) mass is 485 g/mol. The van der Waals surface area contributed by atoms with Crippen molar-refractivity contribution < 1.29 is 27.9 Å². The third-order valence-electron chi connectivity index (χ3n) is 7.41. The summed E-state index contributed by atoms with van der Waals surface area (Å²) in [6, 6.07) is 5.74. The first kappa shape index (κ1) is 23.4. The summed E-state index contributed by atoms with van der Waals surface area (Å²) in [6.07, 6.45) is 5.32. The van der Waals surface area contributed by atoms with Gasteiger partial charge in [-0.25, -0.2) is 18.2 Å². The SMILES string of the molecule is O=C(C[C@H]1CC[C@@H](C(=O)O)CC1)N1CCc2c(n(Cc3cc(F)c(F)c(F)c3)c3ncccc23)C1. The highest BCUT2D eigenvalue weighted by atomic mass is 19.2. The lowest BCUT2D eigenvalue weighted by molar-refractivity contribution is -0.143. The van der Waals surface area contributed by atoms with Crippen molar-refractivity contribution in [3.63, 3.8) is 0 Å². The second-order valence-electron chi connectivity index (χ2n) is 9.58. The number of rotatable bonds is 5. The molecular weight excluding hydrogens is 459 g/mol. The Labute approximate surface area is 200 Å². The molecule has 1 N–H and O–H groups in total. The Balaban J connectivity index is 1.38. The Bertz CT molecular complexity index is 1270. The van der Waals surface area contributed by atoms with Gasteiger partial charge >= 0.3 is 5.97 Å². The molecule has 9 heteroatoms. The number of carboxylic acids is 1. The van der Waals surface area contributed by atoms with Gasteiger partial charge in [0.2, 0.25) is 5.91 Å². The van der Waals surface area contributed by atoms with Crippen molar-refractivity contribution in [3.8, 4) is 0 Å². The maximum absolute atomic E-state index is 13.9. The van der Waals surface area contributed by atoms with Crippen molar-refractivity contribution in [3.05, 3.63) is 64.7 Å². The molecule has 0 atom stereocenters. The minimum Gasteiger partial charge on any atom is -0.481 e. The number of hydrogen-bond donors (Lipinski definition) is 1. The van der Waals surface area contributed by atoms with Gasteiger partial charge in [0, 0.05) is 36.8 Å². The van der Waals surface area contributed by atoms with E-state index in [0.29, 0.717) is 44.4 Å². The molecule has 1 aliphatic carbocycles. The molecule has 1 fully saturated rings. The number of halogens is 3. The molecule has 35 heavy (non-hydrogen) atoms. The van der Waals surface area contributed by atoms with Crippen LogP contribution in [0.4, 0.5) is 13.2 Å². The fraction of sp³-hybridized carbons (Fsp3) is 0.423. The van der Waals surface area contributed by atoms with Gasteiger partial charge in [0.05, 0.1) is 12.5 Å².